The Morgan fingerprint density at radius 2 is 2.00 bits per heavy atom. The summed E-state index contributed by atoms with van der Waals surface area (Å²) in [5, 5.41) is 2.76. The molecule has 1 saturated carbocycles. The second-order valence-corrected chi connectivity index (χ2v) is 5.14. The lowest BCUT2D eigenvalue weighted by Gasteiger charge is -2.35. The number of rotatable bonds is 4. The number of amides is 2. The predicted molar refractivity (Wildman–Crippen MR) is 65.4 cm³/mol. The van der Waals surface area contributed by atoms with Gasteiger partial charge in [-0.1, -0.05) is 6.92 Å². The second-order valence-electron chi connectivity index (χ2n) is 5.14. The molecule has 0 radical (unpaired) electrons. The lowest BCUT2D eigenvalue weighted by Crippen LogP contribution is -2.47. The smallest absolute Gasteiger partial charge is 0.242 e. The van der Waals surface area contributed by atoms with E-state index in [1.807, 2.05) is 4.90 Å². The summed E-state index contributed by atoms with van der Waals surface area (Å²) < 4.78 is 0. The topological polar surface area (TPSA) is 49.4 Å². The Bertz CT molecular complexity index is 300. The van der Waals surface area contributed by atoms with Gasteiger partial charge in [0.1, 0.15) is 0 Å². The highest BCUT2D eigenvalue weighted by molar-refractivity contribution is 5.87. The van der Waals surface area contributed by atoms with Crippen LogP contribution < -0.4 is 5.32 Å². The first kappa shape index (κ1) is 12.4. The molecule has 17 heavy (non-hydrogen) atoms. The van der Waals surface area contributed by atoms with Gasteiger partial charge >= 0.3 is 0 Å². The Labute approximate surface area is 103 Å². The van der Waals surface area contributed by atoms with Gasteiger partial charge in [0, 0.05) is 18.5 Å². The van der Waals surface area contributed by atoms with Crippen LogP contribution in [0.4, 0.5) is 0 Å². The summed E-state index contributed by atoms with van der Waals surface area (Å²) in [7, 11) is 0. The lowest BCUT2D eigenvalue weighted by molar-refractivity contribution is -0.136. The fraction of sp³-hybridized carbons (Fsp3) is 0.846. The van der Waals surface area contributed by atoms with E-state index >= 15 is 0 Å². The molecule has 0 aromatic heterocycles. The van der Waals surface area contributed by atoms with Gasteiger partial charge in [-0.3, -0.25) is 9.59 Å². The van der Waals surface area contributed by atoms with E-state index in [9.17, 15) is 9.59 Å². The van der Waals surface area contributed by atoms with E-state index in [1.54, 1.807) is 0 Å². The zero-order valence-corrected chi connectivity index (χ0v) is 10.6. The molecule has 2 aliphatic rings. The Morgan fingerprint density at radius 3 is 2.65 bits per heavy atom. The molecule has 1 atom stereocenters. The fourth-order valence-corrected chi connectivity index (χ4v) is 2.51. The third kappa shape index (κ3) is 3.20. The van der Waals surface area contributed by atoms with Crippen LogP contribution in [0.25, 0.3) is 0 Å². The Balaban J connectivity index is 1.78. The van der Waals surface area contributed by atoms with E-state index in [-0.39, 0.29) is 24.3 Å². The maximum Gasteiger partial charge on any atom is 0.242 e. The van der Waals surface area contributed by atoms with Crippen LogP contribution in [-0.4, -0.2) is 35.8 Å². The van der Waals surface area contributed by atoms with Gasteiger partial charge < -0.3 is 10.2 Å². The van der Waals surface area contributed by atoms with E-state index in [0.717, 1.165) is 38.6 Å². The number of hydrogen-bond acceptors (Lipinski definition) is 2. The lowest BCUT2D eigenvalue weighted by atomic mass is 10.00. The largest absolute Gasteiger partial charge is 0.347 e. The highest BCUT2D eigenvalue weighted by Crippen LogP contribution is 2.28. The predicted octanol–water partition coefficient (Wildman–Crippen LogP) is 1.30. The number of carbonyl (C=O) groups is 2. The third-order valence-corrected chi connectivity index (χ3v) is 3.78. The molecular weight excluding hydrogens is 216 g/mol. The standard InChI is InChI=1S/C13H22N2O2/c1-2-11-5-3-4-8-15(11)12(16)9-14-13(17)10-6-7-10/h10-11H,2-9H2,1H3,(H,14,17)/t11-/m0/s1. The van der Waals surface area contributed by atoms with Gasteiger partial charge in [0.15, 0.2) is 0 Å². The summed E-state index contributed by atoms with van der Waals surface area (Å²) >= 11 is 0. The van der Waals surface area contributed by atoms with Crippen molar-refractivity contribution in [2.75, 3.05) is 13.1 Å². The molecule has 96 valence electrons. The number of nitrogens with one attached hydrogen (secondary N) is 1. The van der Waals surface area contributed by atoms with Crippen LogP contribution in [0.2, 0.25) is 0 Å². The quantitative estimate of drug-likeness (QED) is 0.802. The molecule has 0 unspecified atom stereocenters. The van der Waals surface area contributed by atoms with Gasteiger partial charge in [-0.2, -0.15) is 0 Å². The molecule has 0 aromatic rings. The Morgan fingerprint density at radius 1 is 1.24 bits per heavy atom. The van der Waals surface area contributed by atoms with Crippen LogP contribution in [0.5, 0.6) is 0 Å². The maximum absolute atomic E-state index is 12.0. The molecule has 1 heterocycles. The molecule has 2 amide bonds. The SMILES string of the molecule is CC[C@H]1CCCCN1C(=O)CNC(=O)C1CC1. The molecule has 1 N–H and O–H groups in total. The van der Waals surface area contributed by atoms with Crippen LogP contribution in [0.1, 0.15) is 45.4 Å². The van der Waals surface area contributed by atoms with Crippen molar-refractivity contribution in [2.45, 2.75) is 51.5 Å². The zero-order chi connectivity index (χ0) is 12.3. The molecule has 1 saturated heterocycles. The number of piperidine rings is 1. The highest BCUT2D eigenvalue weighted by atomic mass is 16.2. The first-order chi connectivity index (χ1) is 8.22. The van der Waals surface area contributed by atoms with Gasteiger partial charge in [0.2, 0.25) is 11.8 Å². The van der Waals surface area contributed by atoms with Crippen molar-refractivity contribution in [3.05, 3.63) is 0 Å². The van der Waals surface area contributed by atoms with Gasteiger partial charge in [-0.15, -0.1) is 0 Å². The number of nitrogens with zero attached hydrogens (tertiary/aromatic N) is 1. The van der Waals surface area contributed by atoms with Crippen molar-refractivity contribution in [2.24, 2.45) is 5.92 Å². The second kappa shape index (κ2) is 5.52. The average Bonchev–Trinajstić information content (AvgIpc) is 3.19. The third-order valence-electron chi connectivity index (χ3n) is 3.78. The van der Waals surface area contributed by atoms with E-state index in [2.05, 4.69) is 12.2 Å². The minimum atomic E-state index is 0.0587. The zero-order valence-electron chi connectivity index (χ0n) is 10.6. The fourth-order valence-electron chi connectivity index (χ4n) is 2.51. The first-order valence-electron chi connectivity index (χ1n) is 6.79. The van der Waals surface area contributed by atoms with Crippen LogP contribution >= 0.6 is 0 Å². The molecular formula is C13H22N2O2. The summed E-state index contributed by atoms with van der Waals surface area (Å²) in [5.41, 5.74) is 0. The van der Waals surface area contributed by atoms with E-state index in [4.69, 9.17) is 0 Å². The minimum absolute atomic E-state index is 0.0587. The summed E-state index contributed by atoms with van der Waals surface area (Å²) in [5.74, 6) is 0.333. The Hall–Kier alpha value is -1.06. The van der Waals surface area contributed by atoms with Gasteiger partial charge in [-0.25, -0.2) is 0 Å². The van der Waals surface area contributed by atoms with E-state index in [1.165, 1.54) is 6.42 Å². The van der Waals surface area contributed by atoms with Crippen LogP contribution in [0.15, 0.2) is 0 Å². The van der Waals surface area contributed by atoms with Crippen molar-refractivity contribution >= 4 is 11.8 Å². The van der Waals surface area contributed by atoms with E-state index < -0.39 is 0 Å². The van der Waals surface area contributed by atoms with Gasteiger partial charge in [0.05, 0.1) is 6.54 Å². The van der Waals surface area contributed by atoms with Crippen LogP contribution in [0, 0.1) is 5.92 Å². The normalized spacial score (nSPS) is 24.5. The summed E-state index contributed by atoms with van der Waals surface area (Å²) in [6.07, 6.45) is 6.42. The van der Waals surface area contributed by atoms with Gasteiger partial charge in [0.25, 0.3) is 0 Å². The van der Waals surface area contributed by atoms with E-state index in [0.29, 0.717) is 6.04 Å². The molecule has 2 fully saturated rings. The molecule has 4 nitrogen and oxygen atoms in total. The van der Waals surface area contributed by atoms with Crippen LogP contribution in [-0.2, 0) is 9.59 Å². The summed E-state index contributed by atoms with van der Waals surface area (Å²) in [4.78, 5) is 25.4. The van der Waals surface area contributed by atoms with Crippen molar-refractivity contribution in [3.63, 3.8) is 0 Å². The summed E-state index contributed by atoms with van der Waals surface area (Å²) in [6, 6.07) is 0.383. The minimum Gasteiger partial charge on any atom is -0.347 e. The van der Waals surface area contributed by atoms with Crippen molar-refractivity contribution in [1.82, 2.24) is 10.2 Å². The maximum atomic E-state index is 12.0. The molecule has 0 spiro atoms. The highest BCUT2D eigenvalue weighted by Gasteiger charge is 2.31. The van der Waals surface area contributed by atoms with Crippen molar-refractivity contribution in [3.8, 4) is 0 Å². The van der Waals surface area contributed by atoms with Crippen molar-refractivity contribution in [1.29, 1.82) is 0 Å². The van der Waals surface area contributed by atoms with Gasteiger partial charge in [-0.05, 0) is 38.5 Å². The molecule has 4 heteroatoms. The first-order valence-corrected chi connectivity index (χ1v) is 6.79. The molecule has 0 aromatic carbocycles. The average molecular weight is 238 g/mol. The molecule has 2 rings (SSSR count). The molecule has 1 aliphatic heterocycles. The Kier molecular flexibility index (Phi) is 4.02. The van der Waals surface area contributed by atoms with Crippen LogP contribution in [0.3, 0.4) is 0 Å². The summed E-state index contributed by atoms with van der Waals surface area (Å²) in [6.45, 7) is 3.17. The number of carbonyl (C=O) groups excluding carboxylic acids is 2. The van der Waals surface area contributed by atoms with Crippen molar-refractivity contribution < 1.29 is 9.59 Å². The number of likely N-dealkylation sites (tertiary alicyclic amines) is 1. The molecule has 1 aliphatic carbocycles. The molecule has 0 bridgehead atoms. The number of hydrogen-bond donors (Lipinski definition) is 1. The monoisotopic (exact) mass is 238 g/mol.